The molecule has 29 heavy (non-hydrogen) atoms. The highest BCUT2D eigenvalue weighted by Gasteiger charge is 2.35. The molecule has 0 aromatic heterocycles. The van der Waals surface area contributed by atoms with Gasteiger partial charge in [0.2, 0.25) is 5.91 Å². The number of amides is 1. The molecular formula is C23H25ClN2O3. The monoisotopic (exact) mass is 412 g/mol. The van der Waals surface area contributed by atoms with E-state index in [0.29, 0.717) is 19.8 Å². The molecule has 5 nitrogen and oxygen atoms in total. The van der Waals surface area contributed by atoms with E-state index in [4.69, 9.17) is 21.1 Å². The Morgan fingerprint density at radius 3 is 2.79 bits per heavy atom. The molecular weight excluding hydrogens is 388 g/mol. The molecule has 2 aliphatic heterocycles. The predicted octanol–water partition coefficient (Wildman–Crippen LogP) is 3.35. The van der Waals surface area contributed by atoms with Crippen molar-refractivity contribution in [3.63, 3.8) is 0 Å². The fourth-order valence-electron chi connectivity index (χ4n) is 3.86. The molecule has 4 rings (SSSR count). The molecule has 1 N–H and O–H groups in total. The van der Waals surface area contributed by atoms with Crippen molar-refractivity contribution in [2.24, 2.45) is 0 Å². The molecule has 1 saturated heterocycles. The van der Waals surface area contributed by atoms with E-state index in [2.05, 4.69) is 28.4 Å². The highest BCUT2D eigenvalue weighted by molar-refractivity contribution is 6.30. The normalized spacial score (nSPS) is 22.4. The summed E-state index contributed by atoms with van der Waals surface area (Å²) in [5.41, 5.74) is 3.38. The molecule has 2 heterocycles. The fraction of sp³-hybridized carbons (Fsp3) is 0.348. The lowest BCUT2D eigenvalue weighted by Gasteiger charge is -2.41. The summed E-state index contributed by atoms with van der Waals surface area (Å²) in [7, 11) is 0. The Balaban J connectivity index is 1.46. The van der Waals surface area contributed by atoms with Gasteiger partial charge in [-0.15, -0.1) is 0 Å². The Labute approximate surface area is 176 Å². The maximum absolute atomic E-state index is 11.5. The Bertz CT molecular complexity index is 871. The molecule has 0 radical (unpaired) electrons. The number of carbonyl (C=O) groups is 1. The number of rotatable bonds is 7. The molecule has 152 valence electrons. The number of morpholine rings is 1. The number of ether oxygens (including phenoxy) is 2. The second kappa shape index (κ2) is 9.55. The van der Waals surface area contributed by atoms with Crippen LogP contribution >= 0.6 is 11.6 Å². The standard InChI is InChI=1S/C23H25ClN2O3/c24-20-8-4-5-17(13-20)9-11-28-23-22(19-6-2-1-3-7-19)26(10-12-29-23)16-18-14-21(27)25-15-18/h1-8,13-14,22-23H,9-12,15-16H2,(H,25,27)/t22-,23+/m0/s1. The first-order valence-corrected chi connectivity index (χ1v) is 10.3. The van der Waals surface area contributed by atoms with E-state index in [9.17, 15) is 4.79 Å². The number of nitrogens with one attached hydrogen (secondary N) is 1. The van der Waals surface area contributed by atoms with Crippen LogP contribution in [-0.4, -0.2) is 49.9 Å². The van der Waals surface area contributed by atoms with Crippen LogP contribution in [0.3, 0.4) is 0 Å². The van der Waals surface area contributed by atoms with Crippen LogP contribution in [0.5, 0.6) is 0 Å². The Morgan fingerprint density at radius 2 is 2.03 bits per heavy atom. The molecule has 2 atom stereocenters. The van der Waals surface area contributed by atoms with Crippen molar-refractivity contribution >= 4 is 17.5 Å². The molecule has 2 aromatic rings. The van der Waals surface area contributed by atoms with E-state index in [1.807, 2.05) is 36.4 Å². The van der Waals surface area contributed by atoms with Gasteiger partial charge in [0.25, 0.3) is 0 Å². The van der Waals surface area contributed by atoms with Gasteiger partial charge < -0.3 is 14.8 Å². The molecule has 2 aromatic carbocycles. The van der Waals surface area contributed by atoms with Crippen LogP contribution in [0.1, 0.15) is 17.2 Å². The maximum Gasteiger partial charge on any atom is 0.244 e. The van der Waals surface area contributed by atoms with Crippen molar-refractivity contribution < 1.29 is 14.3 Å². The molecule has 2 aliphatic rings. The van der Waals surface area contributed by atoms with Crippen molar-refractivity contribution in [1.82, 2.24) is 10.2 Å². The Morgan fingerprint density at radius 1 is 1.17 bits per heavy atom. The zero-order chi connectivity index (χ0) is 20.1. The second-order valence-corrected chi connectivity index (χ2v) is 7.77. The van der Waals surface area contributed by atoms with Crippen molar-refractivity contribution in [2.75, 3.05) is 32.8 Å². The van der Waals surface area contributed by atoms with E-state index in [0.717, 1.165) is 41.2 Å². The average Bonchev–Trinajstić information content (AvgIpc) is 3.13. The van der Waals surface area contributed by atoms with E-state index < -0.39 is 0 Å². The molecule has 0 bridgehead atoms. The highest BCUT2D eigenvalue weighted by Crippen LogP contribution is 2.31. The van der Waals surface area contributed by atoms with E-state index >= 15 is 0 Å². The highest BCUT2D eigenvalue weighted by atomic mass is 35.5. The summed E-state index contributed by atoms with van der Waals surface area (Å²) in [4.78, 5) is 13.9. The first-order chi connectivity index (χ1) is 14.2. The number of nitrogens with zero attached hydrogens (tertiary/aromatic N) is 1. The minimum absolute atomic E-state index is 0.0150. The van der Waals surface area contributed by atoms with Crippen LogP contribution in [0, 0.1) is 0 Å². The zero-order valence-corrected chi connectivity index (χ0v) is 17.0. The third kappa shape index (κ3) is 5.25. The quantitative estimate of drug-likeness (QED) is 0.757. The van der Waals surface area contributed by atoms with Gasteiger partial charge in [0.15, 0.2) is 6.29 Å². The summed E-state index contributed by atoms with van der Waals surface area (Å²) >= 11 is 6.08. The van der Waals surface area contributed by atoms with Crippen LogP contribution in [0.4, 0.5) is 0 Å². The second-order valence-electron chi connectivity index (χ2n) is 7.34. The van der Waals surface area contributed by atoms with Gasteiger partial charge in [-0.3, -0.25) is 9.69 Å². The minimum Gasteiger partial charge on any atom is -0.350 e. The van der Waals surface area contributed by atoms with Crippen LogP contribution in [0.15, 0.2) is 66.2 Å². The summed E-state index contributed by atoms with van der Waals surface area (Å²) in [6.07, 6.45) is 2.11. The van der Waals surface area contributed by atoms with Gasteiger partial charge in [0.05, 0.1) is 19.3 Å². The van der Waals surface area contributed by atoms with Crippen molar-refractivity contribution in [1.29, 1.82) is 0 Å². The first kappa shape index (κ1) is 20.1. The lowest BCUT2D eigenvalue weighted by atomic mass is 10.0. The van der Waals surface area contributed by atoms with E-state index in [1.54, 1.807) is 6.08 Å². The molecule has 0 saturated carbocycles. The maximum atomic E-state index is 11.5. The molecule has 0 unspecified atom stereocenters. The van der Waals surface area contributed by atoms with E-state index in [-0.39, 0.29) is 18.2 Å². The molecule has 0 spiro atoms. The number of benzene rings is 2. The van der Waals surface area contributed by atoms with Crippen molar-refractivity contribution in [3.8, 4) is 0 Å². The molecule has 1 fully saturated rings. The van der Waals surface area contributed by atoms with Crippen molar-refractivity contribution in [2.45, 2.75) is 18.8 Å². The largest absolute Gasteiger partial charge is 0.350 e. The summed E-state index contributed by atoms with van der Waals surface area (Å²) in [6, 6.07) is 18.1. The molecule has 6 heteroatoms. The number of halogens is 1. The Hall–Kier alpha value is -2.18. The molecule has 1 amide bonds. The number of carbonyl (C=O) groups excluding carboxylic acids is 1. The Kier molecular flexibility index (Phi) is 6.62. The third-order valence-electron chi connectivity index (χ3n) is 5.25. The first-order valence-electron chi connectivity index (χ1n) is 9.93. The fourth-order valence-corrected chi connectivity index (χ4v) is 4.07. The van der Waals surface area contributed by atoms with Gasteiger partial charge in [0.1, 0.15) is 0 Å². The third-order valence-corrected chi connectivity index (χ3v) is 5.48. The van der Waals surface area contributed by atoms with Crippen LogP contribution in [0.25, 0.3) is 0 Å². The summed E-state index contributed by atoms with van der Waals surface area (Å²) in [6.45, 7) is 3.26. The van der Waals surface area contributed by atoms with Crippen LogP contribution in [-0.2, 0) is 20.7 Å². The smallest absolute Gasteiger partial charge is 0.244 e. The van der Waals surface area contributed by atoms with Gasteiger partial charge in [-0.1, -0.05) is 54.1 Å². The zero-order valence-electron chi connectivity index (χ0n) is 16.2. The van der Waals surface area contributed by atoms with Gasteiger partial charge in [-0.05, 0) is 35.3 Å². The van der Waals surface area contributed by atoms with Gasteiger partial charge >= 0.3 is 0 Å². The van der Waals surface area contributed by atoms with E-state index in [1.165, 1.54) is 0 Å². The lowest BCUT2D eigenvalue weighted by molar-refractivity contribution is -0.209. The molecule has 0 aliphatic carbocycles. The SMILES string of the molecule is O=C1C=C(CN2CCO[C@@H](OCCc3cccc(Cl)c3)[C@@H]2c2ccccc2)CN1. The summed E-state index contributed by atoms with van der Waals surface area (Å²) in [5, 5.41) is 3.58. The lowest BCUT2D eigenvalue weighted by Crippen LogP contribution is -2.47. The van der Waals surface area contributed by atoms with Crippen LogP contribution in [0.2, 0.25) is 5.02 Å². The topological polar surface area (TPSA) is 50.8 Å². The van der Waals surface area contributed by atoms with Crippen molar-refractivity contribution in [3.05, 3.63) is 82.4 Å². The van der Waals surface area contributed by atoms with Crippen LogP contribution < -0.4 is 5.32 Å². The summed E-state index contributed by atoms with van der Waals surface area (Å²) < 4.78 is 12.2. The van der Waals surface area contributed by atoms with Gasteiger partial charge in [0, 0.05) is 30.7 Å². The van der Waals surface area contributed by atoms with Gasteiger partial charge in [-0.25, -0.2) is 0 Å². The number of hydrogen-bond acceptors (Lipinski definition) is 4. The van der Waals surface area contributed by atoms with Gasteiger partial charge in [-0.2, -0.15) is 0 Å². The average molecular weight is 413 g/mol. The number of hydrogen-bond donors (Lipinski definition) is 1. The minimum atomic E-state index is -0.365. The predicted molar refractivity (Wildman–Crippen MR) is 113 cm³/mol. The summed E-state index contributed by atoms with van der Waals surface area (Å²) in [5.74, 6) is -0.0150.